The van der Waals surface area contributed by atoms with Crippen LogP contribution in [0, 0.1) is 17.2 Å². The van der Waals surface area contributed by atoms with Crippen LogP contribution in [-0.2, 0) is 0 Å². The Morgan fingerprint density at radius 2 is 2.21 bits per heavy atom. The van der Waals surface area contributed by atoms with Crippen molar-refractivity contribution in [3.63, 3.8) is 0 Å². The second kappa shape index (κ2) is 5.07. The summed E-state index contributed by atoms with van der Waals surface area (Å²) in [5.41, 5.74) is 1.42. The van der Waals surface area contributed by atoms with E-state index in [4.69, 9.17) is 11.6 Å². The number of benzene rings is 1. The van der Waals surface area contributed by atoms with Gasteiger partial charge in [-0.1, -0.05) is 24.4 Å². The minimum Gasteiger partial charge on any atom is -0.370 e. The molecule has 1 N–H and O–H groups in total. The predicted molar refractivity (Wildman–Crippen MR) is 77.3 cm³/mol. The topological polar surface area (TPSA) is 48.7 Å². The van der Waals surface area contributed by atoms with Gasteiger partial charge in [0, 0.05) is 17.0 Å². The van der Waals surface area contributed by atoms with Gasteiger partial charge in [-0.25, -0.2) is 4.98 Å². The van der Waals surface area contributed by atoms with Gasteiger partial charge in [0.25, 0.3) is 0 Å². The van der Waals surface area contributed by atoms with E-state index in [0.717, 1.165) is 29.2 Å². The summed E-state index contributed by atoms with van der Waals surface area (Å²) < 4.78 is 0. The number of halogens is 1. The van der Waals surface area contributed by atoms with Crippen molar-refractivity contribution < 1.29 is 0 Å². The largest absolute Gasteiger partial charge is 0.370 e. The third-order valence-electron chi connectivity index (χ3n) is 3.45. The maximum absolute atomic E-state index is 9.23. The van der Waals surface area contributed by atoms with Crippen LogP contribution in [0.1, 0.15) is 24.8 Å². The van der Waals surface area contributed by atoms with E-state index in [1.54, 1.807) is 18.2 Å². The highest BCUT2D eigenvalue weighted by molar-refractivity contribution is 6.31. The molecule has 1 aliphatic rings. The lowest BCUT2D eigenvalue weighted by molar-refractivity contribution is 0.758. The summed E-state index contributed by atoms with van der Waals surface area (Å²) in [6, 6.07) is 9.45. The Balaban J connectivity index is 1.88. The molecule has 1 fully saturated rings. The number of anilines is 1. The maximum atomic E-state index is 9.23. The van der Waals surface area contributed by atoms with Crippen molar-refractivity contribution in [2.45, 2.75) is 19.3 Å². The van der Waals surface area contributed by atoms with Gasteiger partial charge in [0.05, 0.1) is 17.1 Å². The smallest absolute Gasteiger partial charge is 0.127 e. The predicted octanol–water partition coefficient (Wildman–Crippen LogP) is 3.97. The highest BCUT2D eigenvalue weighted by atomic mass is 35.5. The molecule has 3 rings (SSSR count). The molecule has 0 spiro atoms. The van der Waals surface area contributed by atoms with Crippen molar-refractivity contribution in [3.8, 4) is 6.07 Å². The van der Waals surface area contributed by atoms with E-state index in [0.29, 0.717) is 10.6 Å². The van der Waals surface area contributed by atoms with Crippen molar-refractivity contribution in [2.24, 2.45) is 5.92 Å². The first-order valence-corrected chi connectivity index (χ1v) is 6.88. The number of pyridine rings is 1. The lowest BCUT2D eigenvalue weighted by atomic mass is 10.1. The van der Waals surface area contributed by atoms with Crippen LogP contribution in [0.5, 0.6) is 0 Å². The molecule has 0 aliphatic heterocycles. The summed E-state index contributed by atoms with van der Waals surface area (Å²) in [6.45, 7) is 0.918. The van der Waals surface area contributed by atoms with Crippen molar-refractivity contribution in [1.82, 2.24) is 4.98 Å². The van der Waals surface area contributed by atoms with E-state index in [-0.39, 0.29) is 0 Å². The first-order valence-electron chi connectivity index (χ1n) is 6.50. The molecule has 1 aromatic heterocycles. The zero-order valence-corrected chi connectivity index (χ0v) is 11.2. The van der Waals surface area contributed by atoms with Gasteiger partial charge in [-0.3, -0.25) is 0 Å². The highest BCUT2D eigenvalue weighted by Gasteiger charge is 2.20. The van der Waals surface area contributed by atoms with Gasteiger partial charge >= 0.3 is 0 Å². The first-order chi connectivity index (χ1) is 9.26. The van der Waals surface area contributed by atoms with Gasteiger partial charge < -0.3 is 5.32 Å². The SMILES string of the molecule is N#Cc1cc(NCCC2CC2)nc2ccc(Cl)cc12. The number of rotatable bonds is 4. The summed E-state index contributed by atoms with van der Waals surface area (Å²) >= 11 is 5.96. The molecule has 4 heteroatoms. The molecule has 0 unspecified atom stereocenters. The molecule has 0 saturated heterocycles. The van der Waals surface area contributed by atoms with Gasteiger partial charge in [-0.15, -0.1) is 0 Å². The summed E-state index contributed by atoms with van der Waals surface area (Å²) in [5, 5.41) is 14.0. The molecule has 0 radical (unpaired) electrons. The van der Waals surface area contributed by atoms with Crippen molar-refractivity contribution in [3.05, 3.63) is 34.9 Å². The molecule has 3 nitrogen and oxygen atoms in total. The van der Waals surface area contributed by atoms with Crippen LogP contribution in [-0.4, -0.2) is 11.5 Å². The fourth-order valence-electron chi connectivity index (χ4n) is 2.19. The fourth-order valence-corrected chi connectivity index (χ4v) is 2.36. The number of nitrogens with zero attached hydrogens (tertiary/aromatic N) is 2. The van der Waals surface area contributed by atoms with Crippen LogP contribution >= 0.6 is 11.6 Å². The van der Waals surface area contributed by atoms with Crippen LogP contribution in [0.2, 0.25) is 5.02 Å². The summed E-state index contributed by atoms with van der Waals surface area (Å²) in [5.74, 6) is 1.66. The third kappa shape index (κ3) is 2.80. The van der Waals surface area contributed by atoms with E-state index in [1.807, 2.05) is 6.07 Å². The van der Waals surface area contributed by atoms with E-state index in [2.05, 4.69) is 16.4 Å². The minimum atomic E-state index is 0.612. The van der Waals surface area contributed by atoms with Crippen molar-refractivity contribution in [2.75, 3.05) is 11.9 Å². The molecule has 96 valence electrons. The number of fused-ring (bicyclic) bond motifs is 1. The van der Waals surface area contributed by atoms with Gasteiger partial charge in [-0.05, 0) is 36.6 Å². The Kier molecular flexibility index (Phi) is 3.27. The molecule has 1 saturated carbocycles. The Bertz CT molecular complexity index is 656. The summed E-state index contributed by atoms with van der Waals surface area (Å²) in [4.78, 5) is 4.52. The fraction of sp³-hybridized carbons (Fsp3) is 0.333. The highest BCUT2D eigenvalue weighted by Crippen LogP contribution is 2.32. The van der Waals surface area contributed by atoms with Gasteiger partial charge in [0.1, 0.15) is 5.82 Å². The number of aromatic nitrogens is 1. The maximum Gasteiger partial charge on any atom is 0.127 e. The van der Waals surface area contributed by atoms with Gasteiger partial charge in [0.2, 0.25) is 0 Å². The van der Waals surface area contributed by atoms with Crippen molar-refractivity contribution >= 4 is 28.3 Å². The molecule has 1 heterocycles. The van der Waals surface area contributed by atoms with Crippen LogP contribution in [0.25, 0.3) is 10.9 Å². The Morgan fingerprint density at radius 3 is 2.95 bits per heavy atom. The van der Waals surface area contributed by atoms with E-state index < -0.39 is 0 Å². The number of nitrogens with one attached hydrogen (secondary N) is 1. The van der Waals surface area contributed by atoms with Gasteiger partial charge in [-0.2, -0.15) is 5.26 Å². The first kappa shape index (κ1) is 12.3. The molecular weight excluding hydrogens is 258 g/mol. The van der Waals surface area contributed by atoms with E-state index in [1.165, 1.54) is 19.3 Å². The van der Waals surface area contributed by atoms with E-state index >= 15 is 0 Å². The second-order valence-corrected chi connectivity index (χ2v) is 5.42. The Hall–Kier alpha value is -1.79. The number of hydrogen-bond acceptors (Lipinski definition) is 3. The monoisotopic (exact) mass is 271 g/mol. The molecule has 0 amide bonds. The Morgan fingerprint density at radius 1 is 1.37 bits per heavy atom. The molecule has 19 heavy (non-hydrogen) atoms. The zero-order chi connectivity index (χ0) is 13.2. The third-order valence-corrected chi connectivity index (χ3v) is 3.68. The molecule has 2 aromatic rings. The summed E-state index contributed by atoms with van der Waals surface area (Å²) in [7, 11) is 0. The van der Waals surface area contributed by atoms with Crippen LogP contribution < -0.4 is 5.32 Å². The van der Waals surface area contributed by atoms with Crippen LogP contribution in [0.15, 0.2) is 24.3 Å². The molecule has 1 aliphatic carbocycles. The van der Waals surface area contributed by atoms with Gasteiger partial charge in [0.15, 0.2) is 0 Å². The molecule has 1 aromatic carbocycles. The van der Waals surface area contributed by atoms with Crippen LogP contribution in [0.3, 0.4) is 0 Å². The average molecular weight is 272 g/mol. The zero-order valence-electron chi connectivity index (χ0n) is 10.5. The molecule has 0 atom stereocenters. The Labute approximate surface area is 117 Å². The second-order valence-electron chi connectivity index (χ2n) is 4.99. The number of nitriles is 1. The van der Waals surface area contributed by atoms with E-state index in [9.17, 15) is 5.26 Å². The minimum absolute atomic E-state index is 0.612. The molecular formula is C15H14ClN3. The molecule has 0 bridgehead atoms. The lowest BCUT2D eigenvalue weighted by Crippen LogP contribution is -2.04. The average Bonchev–Trinajstić information content (AvgIpc) is 3.22. The lowest BCUT2D eigenvalue weighted by Gasteiger charge is -2.08. The van der Waals surface area contributed by atoms with Crippen molar-refractivity contribution in [1.29, 1.82) is 5.26 Å². The quantitative estimate of drug-likeness (QED) is 0.915. The summed E-state index contributed by atoms with van der Waals surface area (Å²) in [6.07, 6.45) is 3.89. The number of hydrogen-bond donors (Lipinski definition) is 1. The van der Waals surface area contributed by atoms with Crippen LogP contribution in [0.4, 0.5) is 5.82 Å². The standard InChI is InChI=1S/C15H14ClN3/c16-12-3-4-14-13(8-12)11(9-17)7-15(19-14)18-6-5-10-1-2-10/h3-4,7-8,10H,1-2,5-6H2,(H,18,19). The normalized spacial score (nSPS) is 14.3.